The lowest BCUT2D eigenvalue weighted by Crippen LogP contribution is -2.60. The first kappa shape index (κ1) is 25.9. The van der Waals surface area contributed by atoms with Crippen molar-refractivity contribution in [2.24, 2.45) is 40.9 Å². The summed E-state index contributed by atoms with van der Waals surface area (Å²) in [5.41, 5.74) is -2.26. The van der Waals surface area contributed by atoms with Crippen LogP contribution in [0, 0.1) is 40.9 Å². The molecule has 0 aliphatic heterocycles. The predicted octanol–water partition coefficient (Wildman–Crippen LogP) is 4.12. The lowest BCUT2D eigenvalue weighted by atomic mass is 9.48. The Kier molecular flexibility index (Phi) is 5.84. The van der Waals surface area contributed by atoms with Crippen molar-refractivity contribution in [1.29, 1.82) is 0 Å². The van der Waals surface area contributed by atoms with Crippen molar-refractivity contribution >= 4 is 22.1 Å². The van der Waals surface area contributed by atoms with Gasteiger partial charge in [-0.2, -0.15) is 17.2 Å². The maximum atomic E-state index is 13.7. The molecule has 8 rings (SSSR count). The fraction of sp³-hybridized carbons (Fsp3) is 0.923. The summed E-state index contributed by atoms with van der Waals surface area (Å²) < 4.78 is 75.1. The van der Waals surface area contributed by atoms with Crippen LogP contribution in [0.3, 0.4) is 0 Å². The highest BCUT2D eigenvalue weighted by atomic mass is 32.2. The smallest absolute Gasteiger partial charge is 0.402 e. The molecule has 208 valence electrons. The second-order valence-corrected chi connectivity index (χ2v) is 14.9. The number of ether oxygens (including phenoxy) is 3. The zero-order chi connectivity index (χ0) is 26.4. The van der Waals surface area contributed by atoms with Crippen LogP contribution in [0.4, 0.5) is 8.78 Å². The summed E-state index contributed by atoms with van der Waals surface area (Å²) >= 11 is 0. The second kappa shape index (κ2) is 8.34. The lowest BCUT2D eigenvalue weighted by molar-refractivity contribution is -0.227. The summed E-state index contributed by atoms with van der Waals surface area (Å²) in [5, 5.41) is -4.57. The Bertz CT molecular complexity index is 1050. The molecule has 0 heterocycles. The Hall–Kier alpha value is -1.33. The monoisotopic (exact) mass is 546 g/mol. The van der Waals surface area contributed by atoms with E-state index in [1.807, 2.05) is 0 Å². The van der Waals surface area contributed by atoms with Gasteiger partial charge < -0.3 is 14.2 Å². The predicted molar refractivity (Wildman–Crippen MR) is 125 cm³/mol. The summed E-state index contributed by atoms with van der Waals surface area (Å²) in [6.07, 6.45) is 9.19. The first-order valence-electron chi connectivity index (χ1n) is 13.6. The number of halogens is 2. The van der Waals surface area contributed by atoms with E-state index in [1.165, 1.54) is 6.42 Å². The number of esters is 2. The third kappa shape index (κ3) is 4.31. The van der Waals surface area contributed by atoms with Gasteiger partial charge in [0.05, 0.1) is 11.0 Å². The maximum absolute atomic E-state index is 13.7. The minimum absolute atomic E-state index is 0.133. The van der Waals surface area contributed by atoms with E-state index in [2.05, 4.69) is 6.92 Å². The fourth-order valence-corrected chi connectivity index (χ4v) is 9.94. The van der Waals surface area contributed by atoms with E-state index in [0.29, 0.717) is 37.5 Å². The third-order valence-electron chi connectivity index (χ3n) is 10.8. The molecule has 37 heavy (non-hydrogen) atoms. The van der Waals surface area contributed by atoms with Crippen LogP contribution < -0.4 is 0 Å². The Morgan fingerprint density at radius 1 is 0.919 bits per heavy atom. The van der Waals surface area contributed by atoms with Gasteiger partial charge in [-0.05, 0) is 113 Å². The first-order valence-corrected chi connectivity index (χ1v) is 15.0. The van der Waals surface area contributed by atoms with Crippen molar-refractivity contribution in [3.63, 3.8) is 0 Å². The third-order valence-corrected chi connectivity index (χ3v) is 11.7. The van der Waals surface area contributed by atoms with Crippen LogP contribution in [0.15, 0.2) is 0 Å². The highest BCUT2D eigenvalue weighted by Gasteiger charge is 2.63. The number of alkyl halides is 2. The fourth-order valence-electron chi connectivity index (χ4n) is 9.74. The molecule has 2 unspecified atom stereocenters. The van der Waals surface area contributed by atoms with E-state index in [0.717, 1.165) is 43.9 Å². The standard InChI is InChI=1S/C26H36F2O8S/c1-23(19-4-15-2-16(6-19)7-20(23)5-15)36-21(29)12-35-25-10-17-3-18(11-25)9-24(8-17,13-25)22(30)34-14-26(27,28)37(31,32)33/h15-20H,2-14H2,1H3,(H,31,32,33). The zero-order valence-corrected chi connectivity index (χ0v) is 21.9. The minimum Gasteiger partial charge on any atom is -0.458 e. The van der Waals surface area contributed by atoms with Gasteiger partial charge in [-0.3, -0.25) is 9.35 Å². The van der Waals surface area contributed by atoms with E-state index in [1.54, 1.807) is 0 Å². The average molecular weight is 547 g/mol. The van der Waals surface area contributed by atoms with Crippen molar-refractivity contribution in [3.8, 4) is 0 Å². The van der Waals surface area contributed by atoms with Crippen molar-refractivity contribution in [2.45, 2.75) is 94.0 Å². The summed E-state index contributed by atoms with van der Waals surface area (Å²) in [5.74, 6) is 1.29. The van der Waals surface area contributed by atoms with E-state index < -0.39 is 50.5 Å². The summed E-state index contributed by atoms with van der Waals surface area (Å²) in [4.78, 5) is 26.1. The van der Waals surface area contributed by atoms with Gasteiger partial charge in [0.2, 0.25) is 0 Å². The molecule has 8 nitrogen and oxygen atoms in total. The van der Waals surface area contributed by atoms with Gasteiger partial charge in [0, 0.05) is 0 Å². The van der Waals surface area contributed by atoms with Crippen LogP contribution in [-0.4, -0.2) is 54.6 Å². The van der Waals surface area contributed by atoms with Crippen molar-refractivity contribution in [3.05, 3.63) is 0 Å². The molecule has 0 radical (unpaired) electrons. The molecule has 8 aliphatic carbocycles. The maximum Gasteiger partial charge on any atom is 0.402 e. The highest BCUT2D eigenvalue weighted by molar-refractivity contribution is 7.86. The lowest BCUT2D eigenvalue weighted by Gasteiger charge is -2.60. The Balaban J connectivity index is 1.10. The van der Waals surface area contributed by atoms with Crippen molar-refractivity contribution in [2.75, 3.05) is 13.2 Å². The second-order valence-electron chi connectivity index (χ2n) is 13.4. The molecule has 0 spiro atoms. The normalized spacial score (nSPS) is 45.7. The molecular formula is C26H36F2O8S. The van der Waals surface area contributed by atoms with Gasteiger partial charge in [0.25, 0.3) is 0 Å². The Morgan fingerprint density at radius 3 is 2.00 bits per heavy atom. The Morgan fingerprint density at radius 2 is 1.46 bits per heavy atom. The molecule has 0 amide bonds. The number of carbonyl (C=O) groups is 2. The summed E-state index contributed by atoms with van der Waals surface area (Å²) in [6, 6.07) is 0. The van der Waals surface area contributed by atoms with Gasteiger partial charge >= 0.3 is 27.3 Å². The van der Waals surface area contributed by atoms with E-state index >= 15 is 0 Å². The van der Waals surface area contributed by atoms with E-state index in [-0.39, 0.29) is 24.9 Å². The van der Waals surface area contributed by atoms with Crippen LogP contribution in [0.25, 0.3) is 0 Å². The molecule has 8 aliphatic rings. The summed E-state index contributed by atoms with van der Waals surface area (Å²) in [7, 11) is -5.69. The van der Waals surface area contributed by atoms with E-state index in [9.17, 15) is 26.8 Å². The van der Waals surface area contributed by atoms with Crippen molar-refractivity contribution < 1.29 is 45.6 Å². The van der Waals surface area contributed by atoms with E-state index in [4.69, 9.17) is 18.8 Å². The number of hydrogen-bond donors (Lipinski definition) is 1. The number of hydrogen-bond acceptors (Lipinski definition) is 7. The highest BCUT2D eigenvalue weighted by Crippen LogP contribution is 2.63. The van der Waals surface area contributed by atoms with Crippen LogP contribution in [-0.2, 0) is 33.9 Å². The molecule has 1 N–H and O–H groups in total. The topological polar surface area (TPSA) is 116 Å². The molecule has 0 aromatic heterocycles. The number of carbonyl (C=O) groups excluding carboxylic acids is 2. The largest absolute Gasteiger partial charge is 0.458 e. The van der Waals surface area contributed by atoms with Crippen LogP contribution in [0.1, 0.15) is 77.6 Å². The quantitative estimate of drug-likeness (QED) is 0.357. The average Bonchev–Trinajstić information content (AvgIpc) is 2.78. The van der Waals surface area contributed by atoms with Gasteiger partial charge in [0.15, 0.2) is 6.61 Å². The molecule has 2 atom stereocenters. The molecular weight excluding hydrogens is 510 g/mol. The number of rotatable bonds is 8. The first-order chi connectivity index (χ1) is 17.2. The molecule has 8 saturated carbocycles. The van der Waals surface area contributed by atoms with Crippen molar-refractivity contribution in [1.82, 2.24) is 0 Å². The van der Waals surface area contributed by atoms with Gasteiger partial charge in [-0.15, -0.1) is 0 Å². The molecule has 8 fully saturated rings. The molecule has 0 aromatic rings. The molecule has 0 saturated heterocycles. The molecule has 8 bridgehead atoms. The van der Waals surface area contributed by atoms with Gasteiger partial charge in [0.1, 0.15) is 12.2 Å². The molecule has 0 aromatic carbocycles. The van der Waals surface area contributed by atoms with Crippen LogP contribution >= 0.6 is 0 Å². The summed E-state index contributed by atoms with van der Waals surface area (Å²) in [6.45, 7) is 0.133. The zero-order valence-electron chi connectivity index (χ0n) is 21.1. The Labute approximate surface area is 215 Å². The minimum atomic E-state index is -5.69. The van der Waals surface area contributed by atoms with Crippen LogP contribution in [0.5, 0.6) is 0 Å². The van der Waals surface area contributed by atoms with Gasteiger partial charge in [-0.25, -0.2) is 4.79 Å². The van der Waals surface area contributed by atoms with Gasteiger partial charge in [-0.1, -0.05) is 0 Å². The molecule has 11 heteroatoms. The SMILES string of the molecule is CC1(OC(=O)COC23CC4CC(C2)CC(C(=O)OCC(F)(F)S(=O)(=O)O)(C4)C3)C2CC3CC(C2)CC1C3. The van der Waals surface area contributed by atoms with Crippen LogP contribution in [0.2, 0.25) is 0 Å².